The highest BCUT2D eigenvalue weighted by Gasteiger charge is 2.75. The number of hydrogen-bond acceptors (Lipinski definition) is 18. The molecule has 2 aliphatic heterocycles. The molecule has 21 unspecified atom stereocenters. The summed E-state index contributed by atoms with van der Waals surface area (Å²) in [7, 11) is 0. The number of allylic oxidation sites excluding steroid dienone is 4. The molecule has 406 valence electrons. The zero-order valence-corrected chi connectivity index (χ0v) is 43.6. The Balaban J connectivity index is 1.24. The number of fused-ring (bicyclic) bond motifs is 7. The number of hydrogen-bond donors (Lipinski definition) is 8. The lowest BCUT2D eigenvalue weighted by molar-refractivity contribution is -0.352. The number of carbonyl (C=O) groups excluding carboxylic acids is 3. The third-order valence-corrected chi connectivity index (χ3v) is 19.3. The number of esters is 3. The predicted octanol–water partition coefficient (Wildman–Crippen LogP) is 3.01. The van der Waals surface area contributed by atoms with Gasteiger partial charge in [0.2, 0.25) is 0 Å². The molecule has 0 spiro atoms. The molecule has 0 aromatic carbocycles. The molecule has 0 amide bonds. The molecule has 72 heavy (non-hydrogen) atoms. The Bertz CT molecular complexity index is 2170. The summed E-state index contributed by atoms with van der Waals surface area (Å²) < 4.78 is 42.4. The van der Waals surface area contributed by atoms with E-state index in [4.69, 9.17) is 33.2 Å². The van der Waals surface area contributed by atoms with Crippen LogP contribution >= 0.6 is 0 Å². The highest BCUT2D eigenvalue weighted by Crippen LogP contribution is 2.77. The quantitative estimate of drug-likeness (QED) is 0.0458. The van der Waals surface area contributed by atoms with E-state index in [1.165, 1.54) is 6.92 Å². The van der Waals surface area contributed by atoms with Crippen molar-refractivity contribution in [3.8, 4) is 0 Å². The van der Waals surface area contributed by atoms with Gasteiger partial charge in [-0.3, -0.25) is 4.79 Å². The number of carbonyl (C=O) groups is 4. The standard InChI is InChI=1S/C53H80O19/c1-12-25(3)44(64)71-41-42(72-45(65)26(4)13-2)53(24-55)30(19-48(41,6)7)29-14-15-32-50(9)17-16-28(18-33(50)49(8,23-54)22-52(32,11)51(29,10)20-34(53)67-27(5)56)68-47-38(61)39(37(60)40(70-47)43(62)63)69-46-36(59)35(58)31(57)21-66-46/h12-14,28,30-42,46-47,54-55,57-61H,15-24H2,1-11H3,(H,62,63). The van der Waals surface area contributed by atoms with Gasteiger partial charge in [-0.25, -0.2) is 14.4 Å². The summed E-state index contributed by atoms with van der Waals surface area (Å²) in [5.74, 6) is -4.20. The molecule has 8 N–H and O–H groups in total. The lowest BCUT2D eigenvalue weighted by atomic mass is 9.31. The topological polar surface area (TPSA) is 295 Å². The van der Waals surface area contributed by atoms with Crippen LogP contribution in [0.15, 0.2) is 34.9 Å². The van der Waals surface area contributed by atoms with Gasteiger partial charge in [-0.1, -0.05) is 65.3 Å². The van der Waals surface area contributed by atoms with Crippen LogP contribution in [0.1, 0.15) is 121 Å². The maximum atomic E-state index is 14.0. The maximum absolute atomic E-state index is 14.0. The van der Waals surface area contributed by atoms with Crippen molar-refractivity contribution in [2.45, 2.75) is 201 Å². The third kappa shape index (κ3) is 9.11. The first-order valence-corrected chi connectivity index (χ1v) is 25.5. The van der Waals surface area contributed by atoms with Crippen molar-refractivity contribution < 1.29 is 93.2 Å². The van der Waals surface area contributed by atoms with Crippen LogP contribution in [0.25, 0.3) is 0 Å². The lowest BCUT2D eigenvalue weighted by Crippen LogP contribution is -2.73. The van der Waals surface area contributed by atoms with E-state index in [1.54, 1.807) is 39.8 Å². The van der Waals surface area contributed by atoms with E-state index in [2.05, 4.69) is 26.8 Å². The first kappa shape index (κ1) is 56.4. The first-order valence-electron chi connectivity index (χ1n) is 25.5. The molecule has 2 saturated heterocycles. The summed E-state index contributed by atoms with van der Waals surface area (Å²) >= 11 is 0. The molecule has 0 bridgehead atoms. The Labute approximate surface area is 421 Å². The van der Waals surface area contributed by atoms with Crippen molar-refractivity contribution in [3.63, 3.8) is 0 Å². The number of ether oxygens (including phenoxy) is 7. The van der Waals surface area contributed by atoms with Gasteiger partial charge in [-0.2, -0.15) is 0 Å². The molecule has 7 rings (SSSR count). The summed E-state index contributed by atoms with van der Waals surface area (Å²) in [5, 5.41) is 87.2. The molecule has 5 aliphatic carbocycles. The van der Waals surface area contributed by atoms with E-state index in [1.807, 2.05) is 20.8 Å². The first-order chi connectivity index (χ1) is 33.5. The number of aliphatic hydroxyl groups excluding tert-OH is 7. The minimum absolute atomic E-state index is 0.0272. The fraction of sp³-hybridized carbons (Fsp3) is 0.811. The normalized spacial score (nSPS) is 47.1. The Hall–Kier alpha value is -3.34. The molecule has 0 radical (unpaired) electrons. The van der Waals surface area contributed by atoms with Crippen LogP contribution in [0.5, 0.6) is 0 Å². The van der Waals surface area contributed by atoms with E-state index in [-0.39, 0.29) is 24.9 Å². The zero-order chi connectivity index (χ0) is 53.4. The van der Waals surface area contributed by atoms with Crippen molar-refractivity contribution in [2.75, 3.05) is 19.8 Å². The Kier molecular flexibility index (Phi) is 15.9. The molecule has 7 aliphatic rings. The molecule has 0 aromatic rings. The zero-order valence-electron chi connectivity index (χ0n) is 43.6. The molecular weight excluding hydrogens is 941 g/mol. The van der Waals surface area contributed by atoms with E-state index in [0.29, 0.717) is 49.7 Å². The largest absolute Gasteiger partial charge is 0.479 e. The van der Waals surface area contributed by atoms with Gasteiger partial charge >= 0.3 is 23.9 Å². The van der Waals surface area contributed by atoms with Crippen LogP contribution in [0.4, 0.5) is 0 Å². The molecule has 0 aromatic heterocycles. The van der Waals surface area contributed by atoms with E-state index >= 15 is 0 Å². The van der Waals surface area contributed by atoms with Gasteiger partial charge in [0.1, 0.15) is 48.8 Å². The summed E-state index contributed by atoms with van der Waals surface area (Å²) in [5.41, 5.74) is -3.19. The van der Waals surface area contributed by atoms with E-state index < -0.39 is 155 Å². The second-order valence-electron chi connectivity index (χ2n) is 23.8. The van der Waals surface area contributed by atoms with Crippen LogP contribution in [0.2, 0.25) is 0 Å². The Morgan fingerprint density at radius 2 is 1.39 bits per heavy atom. The van der Waals surface area contributed by atoms with Crippen molar-refractivity contribution >= 4 is 23.9 Å². The van der Waals surface area contributed by atoms with E-state index in [9.17, 15) is 60.0 Å². The summed E-state index contributed by atoms with van der Waals surface area (Å²) in [6.07, 6.45) is -11.0. The van der Waals surface area contributed by atoms with Crippen LogP contribution in [0.3, 0.4) is 0 Å². The van der Waals surface area contributed by atoms with Crippen molar-refractivity contribution in [3.05, 3.63) is 34.9 Å². The molecule has 4 saturated carbocycles. The number of aliphatic hydroxyl groups is 7. The number of aliphatic carboxylic acids is 1. The summed E-state index contributed by atoms with van der Waals surface area (Å²) in [6.45, 7) is 19.4. The molecule has 2 heterocycles. The van der Waals surface area contributed by atoms with Crippen LogP contribution in [0, 0.1) is 50.2 Å². The van der Waals surface area contributed by atoms with Crippen molar-refractivity contribution in [2.24, 2.45) is 50.2 Å². The molecule has 19 heteroatoms. The second kappa shape index (κ2) is 20.3. The van der Waals surface area contributed by atoms with Gasteiger partial charge in [0.15, 0.2) is 24.8 Å². The van der Waals surface area contributed by atoms with Crippen LogP contribution in [-0.2, 0) is 52.3 Å². The van der Waals surface area contributed by atoms with Crippen molar-refractivity contribution in [1.82, 2.24) is 0 Å². The average molecular weight is 1020 g/mol. The van der Waals surface area contributed by atoms with Gasteiger partial charge in [-0.15, -0.1) is 0 Å². The fourth-order valence-electron chi connectivity index (χ4n) is 15.0. The smallest absolute Gasteiger partial charge is 0.335 e. The monoisotopic (exact) mass is 1020 g/mol. The lowest BCUT2D eigenvalue weighted by Gasteiger charge is -2.74. The van der Waals surface area contributed by atoms with Gasteiger partial charge in [0.25, 0.3) is 0 Å². The van der Waals surface area contributed by atoms with Gasteiger partial charge in [0.05, 0.1) is 24.7 Å². The van der Waals surface area contributed by atoms with Crippen molar-refractivity contribution in [1.29, 1.82) is 0 Å². The minimum atomic E-state index is -1.96. The molecule has 6 fully saturated rings. The highest BCUT2D eigenvalue weighted by atomic mass is 16.7. The third-order valence-electron chi connectivity index (χ3n) is 19.3. The molecule has 21 atom stereocenters. The Morgan fingerprint density at radius 3 is 1.96 bits per heavy atom. The summed E-state index contributed by atoms with van der Waals surface area (Å²) in [6, 6.07) is 0. The number of carboxylic acids is 1. The Morgan fingerprint density at radius 1 is 0.764 bits per heavy atom. The fourth-order valence-corrected chi connectivity index (χ4v) is 15.0. The number of rotatable bonds is 12. The van der Waals surface area contributed by atoms with Gasteiger partial charge in [-0.05, 0) is 112 Å². The maximum Gasteiger partial charge on any atom is 0.335 e. The van der Waals surface area contributed by atoms with Crippen LogP contribution < -0.4 is 0 Å². The SMILES string of the molecule is CC=C(C)C(=O)OC1C(OC(=O)C(C)=CC)C2(CO)C(OC(C)=O)CC3(C)C(=CCC4C5(C)CCC(OC6OC(C(=O)O)C(O)C(OC7OCC(O)C(O)C7O)C6O)CC5C(C)(CO)CC43C)C2CC1(C)C. The summed E-state index contributed by atoms with van der Waals surface area (Å²) in [4.78, 5) is 53.4. The highest BCUT2D eigenvalue weighted by molar-refractivity contribution is 5.89. The van der Waals surface area contributed by atoms with Gasteiger partial charge < -0.3 is 74.0 Å². The molecule has 19 nitrogen and oxygen atoms in total. The van der Waals surface area contributed by atoms with E-state index in [0.717, 1.165) is 5.57 Å². The molecular formula is C53H80O19. The minimum Gasteiger partial charge on any atom is -0.479 e. The number of carboxylic acid groups (broad SMARTS) is 1. The predicted molar refractivity (Wildman–Crippen MR) is 254 cm³/mol. The second-order valence-corrected chi connectivity index (χ2v) is 23.8. The van der Waals surface area contributed by atoms with Gasteiger partial charge in [0, 0.05) is 30.1 Å². The average Bonchev–Trinajstić information content (AvgIpc) is 3.31. The van der Waals surface area contributed by atoms with Crippen LogP contribution in [-0.4, -0.2) is 164 Å².